The van der Waals surface area contributed by atoms with E-state index in [0.717, 1.165) is 11.8 Å². The van der Waals surface area contributed by atoms with Gasteiger partial charge in [-0.15, -0.1) is 0 Å². The number of carbonyl (C=O) groups excluding carboxylic acids is 1. The van der Waals surface area contributed by atoms with Crippen LogP contribution >= 0.6 is 24.0 Å². The molecule has 1 aromatic carbocycles. The zero-order chi connectivity index (χ0) is 17.7. The summed E-state index contributed by atoms with van der Waals surface area (Å²) in [4.78, 5) is 23.3. The largest absolute Gasteiger partial charge is 0.481 e. The molecule has 1 heterocycles. The normalized spacial score (nSPS) is 19.8. The molecule has 1 aliphatic heterocycles. The Morgan fingerprint density at radius 2 is 2.08 bits per heavy atom. The average Bonchev–Trinajstić information content (AvgIpc) is 2.50. The quantitative estimate of drug-likeness (QED) is 0.598. The van der Waals surface area contributed by atoms with E-state index in [4.69, 9.17) is 17.3 Å². The summed E-state index contributed by atoms with van der Waals surface area (Å²) in [6, 6.07) is 5.92. The van der Waals surface area contributed by atoms with Gasteiger partial charge in [-0.25, -0.2) is 0 Å². The summed E-state index contributed by atoms with van der Waals surface area (Å²) in [5.74, 6) is -1.19. The number of allylic oxidation sites excluding steroid dienone is 1. The van der Waals surface area contributed by atoms with Gasteiger partial charge in [0.25, 0.3) is 0 Å². The van der Waals surface area contributed by atoms with E-state index in [-0.39, 0.29) is 30.3 Å². The smallest absolute Gasteiger partial charge is 0.387 e. The number of Topliss-reactive ketones (excluding diaryl/α,β-unsaturated/α-hetero) is 1. The average molecular weight is 372 g/mol. The molecule has 0 amide bonds. The number of halogens is 2. The molecule has 1 unspecified atom stereocenters. The first kappa shape index (κ1) is 18.5. The monoisotopic (exact) mass is 372 g/mol. The van der Waals surface area contributed by atoms with Gasteiger partial charge in [-0.3, -0.25) is 9.59 Å². The lowest BCUT2D eigenvalue weighted by Crippen LogP contribution is -2.22. The number of rotatable bonds is 6. The highest BCUT2D eigenvalue weighted by Crippen LogP contribution is 2.36. The minimum Gasteiger partial charge on any atom is -0.481 e. The molecule has 1 aliphatic rings. The van der Waals surface area contributed by atoms with Crippen LogP contribution in [0.1, 0.15) is 24.8 Å². The van der Waals surface area contributed by atoms with Gasteiger partial charge < -0.3 is 9.84 Å². The van der Waals surface area contributed by atoms with Crippen LogP contribution < -0.4 is 4.74 Å². The maximum atomic E-state index is 12.2. The number of hydrogen-bond donors (Lipinski definition) is 1. The van der Waals surface area contributed by atoms with Crippen molar-refractivity contribution in [1.82, 2.24) is 0 Å². The molecule has 2 rings (SSSR count). The second-order valence-electron chi connectivity index (χ2n) is 5.13. The van der Waals surface area contributed by atoms with Crippen molar-refractivity contribution in [3.05, 3.63) is 34.7 Å². The lowest BCUT2D eigenvalue weighted by Gasteiger charge is -2.22. The first-order valence-corrected chi connectivity index (χ1v) is 8.31. The van der Waals surface area contributed by atoms with E-state index in [2.05, 4.69) is 4.74 Å². The summed E-state index contributed by atoms with van der Waals surface area (Å²) in [6.07, 6.45) is 2.15. The topological polar surface area (TPSA) is 63.6 Å². The van der Waals surface area contributed by atoms with Crippen LogP contribution in [0.3, 0.4) is 0 Å². The number of aliphatic carboxylic acids is 1. The molecule has 24 heavy (non-hydrogen) atoms. The number of carboxylic acids is 1. The molecular formula is C16H14F2O4S2. The molecule has 0 aliphatic carbocycles. The molecule has 8 heteroatoms. The molecule has 128 valence electrons. The Morgan fingerprint density at radius 3 is 2.67 bits per heavy atom. The number of ketones is 1. The highest BCUT2D eigenvalue weighted by atomic mass is 32.2. The van der Waals surface area contributed by atoms with Gasteiger partial charge in [-0.1, -0.05) is 36.1 Å². The Morgan fingerprint density at radius 1 is 1.42 bits per heavy atom. The van der Waals surface area contributed by atoms with Gasteiger partial charge >= 0.3 is 12.6 Å². The zero-order valence-corrected chi connectivity index (χ0v) is 14.0. The van der Waals surface area contributed by atoms with E-state index in [1.54, 1.807) is 18.2 Å². The summed E-state index contributed by atoms with van der Waals surface area (Å²) >= 11 is 6.43. The van der Waals surface area contributed by atoms with Crippen molar-refractivity contribution in [1.29, 1.82) is 0 Å². The molecule has 1 fully saturated rings. The first-order chi connectivity index (χ1) is 11.3. The van der Waals surface area contributed by atoms with Crippen molar-refractivity contribution in [2.45, 2.75) is 25.9 Å². The Balaban J connectivity index is 2.04. The summed E-state index contributed by atoms with van der Waals surface area (Å²) in [5, 5.41) is 8.72. The third-order valence-electron chi connectivity index (χ3n) is 3.36. The Bertz CT molecular complexity index is 671. The van der Waals surface area contributed by atoms with Gasteiger partial charge in [0.05, 0.1) is 9.10 Å². The summed E-state index contributed by atoms with van der Waals surface area (Å²) in [5.41, 5.74) is 0.666. The van der Waals surface area contributed by atoms with Crippen molar-refractivity contribution < 1.29 is 28.2 Å². The van der Waals surface area contributed by atoms with E-state index >= 15 is 0 Å². The molecule has 0 bridgehead atoms. The van der Waals surface area contributed by atoms with Crippen LogP contribution in [-0.4, -0.2) is 27.7 Å². The maximum Gasteiger partial charge on any atom is 0.387 e. The molecule has 0 aromatic heterocycles. The van der Waals surface area contributed by atoms with E-state index in [0.29, 0.717) is 21.1 Å². The molecule has 1 atom stereocenters. The van der Waals surface area contributed by atoms with Gasteiger partial charge in [-0.2, -0.15) is 8.78 Å². The molecule has 0 radical (unpaired) electrons. The first-order valence-electron chi connectivity index (χ1n) is 7.08. The van der Waals surface area contributed by atoms with E-state index in [9.17, 15) is 18.4 Å². The van der Waals surface area contributed by atoms with Crippen molar-refractivity contribution in [2.24, 2.45) is 5.92 Å². The van der Waals surface area contributed by atoms with E-state index in [1.807, 2.05) is 0 Å². The van der Waals surface area contributed by atoms with Crippen LogP contribution in [0.5, 0.6) is 5.75 Å². The van der Waals surface area contributed by atoms with Crippen LogP contribution in [0.15, 0.2) is 29.2 Å². The lowest BCUT2D eigenvalue weighted by molar-refractivity contribution is -0.137. The highest BCUT2D eigenvalue weighted by Gasteiger charge is 2.29. The number of benzene rings is 1. The van der Waals surface area contributed by atoms with Gasteiger partial charge in [0.2, 0.25) is 0 Å². The van der Waals surface area contributed by atoms with Gasteiger partial charge in [0, 0.05) is 18.8 Å². The number of thioether (sulfide) groups is 1. The third-order valence-corrected chi connectivity index (χ3v) is 5.04. The number of hydrogen-bond acceptors (Lipinski definition) is 5. The lowest BCUT2D eigenvalue weighted by atomic mass is 9.97. The SMILES string of the molecule is O=C(O)CCC1CC(=O)/C(=C\c2ccc(OC(F)F)cc2)SC1=S. The minimum absolute atomic E-state index is 0.0245. The fourth-order valence-corrected chi connectivity index (χ4v) is 3.63. The molecule has 0 saturated carbocycles. The van der Waals surface area contributed by atoms with Gasteiger partial charge in [-0.05, 0) is 30.2 Å². The van der Waals surface area contributed by atoms with Crippen LogP contribution in [0, 0.1) is 5.92 Å². The maximum absolute atomic E-state index is 12.2. The minimum atomic E-state index is -2.88. The van der Waals surface area contributed by atoms with Crippen molar-refractivity contribution in [3.8, 4) is 5.75 Å². The van der Waals surface area contributed by atoms with E-state index in [1.165, 1.54) is 12.1 Å². The van der Waals surface area contributed by atoms with Gasteiger partial charge in [0.15, 0.2) is 5.78 Å². The second kappa shape index (κ2) is 8.34. The van der Waals surface area contributed by atoms with Crippen molar-refractivity contribution in [3.63, 3.8) is 0 Å². The molecule has 0 spiro atoms. The number of carbonyl (C=O) groups is 2. The predicted octanol–water partition coefficient (Wildman–Crippen LogP) is 4.14. The van der Waals surface area contributed by atoms with Crippen molar-refractivity contribution in [2.75, 3.05) is 0 Å². The summed E-state index contributed by atoms with van der Waals surface area (Å²) in [6.45, 7) is -2.88. The predicted molar refractivity (Wildman–Crippen MR) is 91.2 cm³/mol. The molecule has 1 N–H and O–H groups in total. The Labute approximate surface area is 146 Å². The Kier molecular flexibility index (Phi) is 6.44. The molecular weight excluding hydrogens is 358 g/mol. The van der Waals surface area contributed by atoms with Crippen molar-refractivity contribution >= 4 is 46.0 Å². The number of alkyl halides is 2. The standard InChI is InChI=1S/C16H14F2O4S2/c17-16(18)22-11-4-1-9(2-5-11)7-13-12(19)8-10(15(23)24-13)3-6-14(20)21/h1-2,4-5,7,10,16H,3,6,8H2,(H,20,21)/b13-7+. The number of carboxylic acid groups (broad SMARTS) is 1. The number of ether oxygens (including phenoxy) is 1. The van der Waals surface area contributed by atoms with Gasteiger partial charge in [0.1, 0.15) is 5.75 Å². The second-order valence-corrected chi connectivity index (χ2v) is 6.92. The van der Waals surface area contributed by atoms with Crippen LogP contribution in [0.4, 0.5) is 8.78 Å². The molecule has 1 aromatic rings. The molecule has 1 saturated heterocycles. The van der Waals surface area contributed by atoms with Crippen LogP contribution in [0.25, 0.3) is 6.08 Å². The molecule has 4 nitrogen and oxygen atoms in total. The van der Waals surface area contributed by atoms with E-state index < -0.39 is 12.6 Å². The number of thiocarbonyl (C=S) groups is 1. The van der Waals surface area contributed by atoms with Crippen LogP contribution in [0.2, 0.25) is 0 Å². The zero-order valence-electron chi connectivity index (χ0n) is 12.4. The summed E-state index contributed by atoms with van der Waals surface area (Å²) < 4.78 is 29.1. The third kappa shape index (κ3) is 5.38. The summed E-state index contributed by atoms with van der Waals surface area (Å²) in [7, 11) is 0. The highest BCUT2D eigenvalue weighted by molar-refractivity contribution is 8.26. The fourth-order valence-electron chi connectivity index (χ4n) is 2.18. The Hall–Kier alpha value is -1.80. The van der Waals surface area contributed by atoms with Crippen LogP contribution in [-0.2, 0) is 9.59 Å². The fraction of sp³-hybridized carbons (Fsp3) is 0.312.